The van der Waals surface area contributed by atoms with Crippen molar-refractivity contribution in [3.8, 4) is 0 Å². The quantitative estimate of drug-likeness (QED) is 0.767. The van der Waals surface area contributed by atoms with Crippen LogP contribution in [-0.4, -0.2) is 53.5 Å². The van der Waals surface area contributed by atoms with Crippen LogP contribution in [-0.2, 0) is 4.65 Å². The number of aliphatic hydroxyl groups is 1. The van der Waals surface area contributed by atoms with Crippen molar-refractivity contribution in [2.45, 2.75) is 57.6 Å². The molecule has 0 unspecified atom stereocenters. The number of hydrogen-bond acceptors (Lipinski definition) is 4. The van der Waals surface area contributed by atoms with Gasteiger partial charge in [-0.2, -0.15) is 0 Å². The molecule has 1 saturated heterocycles. The maximum atomic E-state index is 10.1. The van der Waals surface area contributed by atoms with Gasteiger partial charge in [0, 0.05) is 0 Å². The number of piperidine rings is 1. The SMILES string of the molecule is CN1CCC(B(O)OC(C)(C)C(C)(C)O)CC1.Cl. The minimum atomic E-state index is -0.973. The minimum Gasteiger partial charge on any atom is -0.427 e. The second-order valence-electron chi connectivity index (χ2n) is 6.22. The van der Waals surface area contributed by atoms with E-state index in [1.54, 1.807) is 13.8 Å². The summed E-state index contributed by atoms with van der Waals surface area (Å²) in [6.45, 7) is 9.02. The van der Waals surface area contributed by atoms with Crippen molar-refractivity contribution in [2.24, 2.45) is 0 Å². The fraction of sp³-hybridized carbons (Fsp3) is 1.00. The van der Waals surface area contributed by atoms with Crippen LogP contribution in [0.15, 0.2) is 0 Å². The van der Waals surface area contributed by atoms with Gasteiger partial charge >= 0.3 is 7.12 Å². The molecule has 18 heavy (non-hydrogen) atoms. The maximum absolute atomic E-state index is 10.1. The van der Waals surface area contributed by atoms with Crippen molar-refractivity contribution in [1.29, 1.82) is 0 Å². The standard InChI is InChI=1S/C12H26BNO3.ClH/c1-11(2,15)12(3,4)17-13(16)10-6-8-14(5)9-7-10;/h10,15-16H,6-9H2,1-5H3;1H. The molecule has 4 nitrogen and oxygen atoms in total. The summed E-state index contributed by atoms with van der Waals surface area (Å²) in [6.07, 6.45) is 1.89. The zero-order valence-electron chi connectivity index (χ0n) is 12.1. The van der Waals surface area contributed by atoms with Crippen molar-refractivity contribution >= 4 is 19.5 Å². The summed E-state index contributed by atoms with van der Waals surface area (Å²) in [7, 11) is 1.30. The van der Waals surface area contributed by atoms with Gasteiger partial charge in [-0.15, -0.1) is 12.4 Å². The average Bonchev–Trinajstić information content (AvgIpc) is 2.16. The predicted octanol–water partition coefficient (Wildman–Crippen LogP) is 1.55. The molecule has 0 aromatic carbocycles. The highest BCUT2D eigenvalue weighted by atomic mass is 35.5. The molecule has 0 aromatic heterocycles. The van der Waals surface area contributed by atoms with Crippen LogP contribution >= 0.6 is 12.4 Å². The van der Waals surface area contributed by atoms with E-state index < -0.39 is 18.3 Å². The summed E-state index contributed by atoms with van der Waals surface area (Å²) in [4.78, 5) is 2.25. The van der Waals surface area contributed by atoms with Crippen molar-refractivity contribution in [2.75, 3.05) is 20.1 Å². The molecule has 1 aliphatic rings. The molecule has 1 aliphatic heterocycles. The van der Waals surface area contributed by atoms with E-state index in [1.165, 1.54) is 0 Å². The van der Waals surface area contributed by atoms with E-state index in [0.717, 1.165) is 25.9 Å². The van der Waals surface area contributed by atoms with Crippen LogP contribution in [0.4, 0.5) is 0 Å². The third-order valence-corrected chi connectivity index (χ3v) is 4.06. The largest absolute Gasteiger partial charge is 0.458 e. The Morgan fingerprint density at radius 3 is 2.00 bits per heavy atom. The number of hydrogen-bond donors (Lipinski definition) is 2. The molecule has 0 radical (unpaired) electrons. The molecule has 0 saturated carbocycles. The molecule has 0 amide bonds. The van der Waals surface area contributed by atoms with Gasteiger partial charge in [-0.3, -0.25) is 0 Å². The van der Waals surface area contributed by atoms with Crippen LogP contribution in [0.25, 0.3) is 0 Å². The lowest BCUT2D eigenvalue weighted by molar-refractivity contribution is -0.102. The van der Waals surface area contributed by atoms with E-state index in [4.69, 9.17) is 4.65 Å². The number of halogens is 1. The molecule has 1 rings (SSSR count). The van der Waals surface area contributed by atoms with Crippen LogP contribution in [0.2, 0.25) is 5.82 Å². The van der Waals surface area contributed by atoms with Gasteiger partial charge in [-0.1, -0.05) is 0 Å². The maximum Gasteiger partial charge on any atom is 0.458 e. The Balaban J connectivity index is 0.00000289. The van der Waals surface area contributed by atoms with E-state index in [9.17, 15) is 10.1 Å². The van der Waals surface area contributed by atoms with Gasteiger partial charge in [-0.05, 0) is 66.5 Å². The molecular weight excluding hydrogens is 252 g/mol. The number of rotatable bonds is 4. The van der Waals surface area contributed by atoms with E-state index in [2.05, 4.69) is 11.9 Å². The second-order valence-corrected chi connectivity index (χ2v) is 6.22. The first-order valence-corrected chi connectivity index (χ1v) is 6.40. The molecule has 0 spiro atoms. The van der Waals surface area contributed by atoms with E-state index in [0.29, 0.717) is 0 Å². The zero-order valence-corrected chi connectivity index (χ0v) is 13.0. The molecule has 0 aromatic rings. The second kappa shape index (κ2) is 6.57. The lowest BCUT2D eigenvalue weighted by Crippen LogP contribution is -2.52. The van der Waals surface area contributed by atoms with Gasteiger partial charge < -0.3 is 19.7 Å². The molecule has 6 heteroatoms. The van der Waals surface area contributed by atoms with Gasteiger partial charge in [0.2, 0.25) is 0 Å². The van der Waals surface area contributed by atoms with Crippen molar-refractivity contribution in [1.82, 2.24) is 4.90 Å². The zero-order chi connectivity index (χ0) is 13.3. The van der Waals surface area contributed by atoms with Crippen LogP contribution in [0, 0.1) is 0 Å². The molecular formula is C12H27BClNO3. The van der Waals surface area contributed by atoms with E-state index in [1.807, 2.05) is 13.8 Å². The molecule has 1 fully saturated rings. The molecule has 1 heterocycles. The molecule has 0 atom stereocenters. The number of likely N-dealkylation sites (tertiary alicyclic amines) is 1. The predicted molar refractivity (Wildman–Crippen MR) is 77.2 cm³/mol. The Hall–Kier alpha value is 0.195. The van der Waals surface area contributed by atoms with Crippen molar-refractivity contribution < 1.29 is 14.8 Å². The van der Waals surface area contributed by atoms with Crippen molar-refractivity contribution in [3.05, 3.63) is 0 Å². The Morgan fingerprint density at radius 1 is 1.17 bits per heavy atom. The summed E-state index contributed by atoms with van der Waals surface area (Å²) < 4.78 is 5.66. The van der Waals surface area contributed by atoms with Crippen LogP contribution in [0.1, 0.15) is 40.5 Å². The fourth-order valence-electron chi connectivity index (χ4n) is 1.86. The molecule has 0 aliphatic carbocycles. The first-order valence-electron chi connectivity index (χ1n) is 6.40. The van der Waals surface area contributed by atoms with Crippen LogP contribution in [0.3, 0.4) is 0 Å². The van der Waals surface area contributed by atoms with Crippen molar-refractivity contribution in [3.63, 3.8) is 0 Å². The summed E-state index contributed by atoms with van der Waals surface area (Å²) in [5, 5.41) is 20.1. The fourth-order valence-corrected chi connectivity index (χ4v) is 1.86. The average molecular weight is 280 g/mol. The van der Waals surface area contributed by atoms with Gasteiger partial charge in [-0.25, -0.2) is 0 Å². The molecule has 2 N–H and O–H groups in total. The Bertz CT molecular complexity index is 250. The van der Waals surface area contributed by atoms with Gasteiger partial charge in [0.1, 0.15) is 0 Å². The Kier molecular flexibility index (Phi) is 6.64. The molecule has 108 valence electrons. The smallest absolute Gasteiger partial charge is 0.427 e. The Morgan fingerprint density at radius 2 is 1.61 bits per heavy atom. The van der Waals surface area contributed by atoms with Gasteiger partial charge in [0.15, 0.2) is 0 Å². The third-order valence-electron chi connectivity index (χ3n) is 4.06. The summed E-state index contributed by atoms with van der Waals surface area (Å²) in [6, 6.07) is 0. The molecule has 0 bridgehead atoms. The first-order chi connectivity index (χ1) is 7.63. The Labute approximate surface area is 117 Å². The van der Waals surface area contributed by atoms with E-state index >= 15 is 0 Å². The van der Waals surface area contributed by atoms with Crippen LogP contribution in [0.5, 0.6) is 0 Å². The normalized spacial score (nSPS) is 19.5. The monoisotopic (exact) mass is 279 g/mol. The topological polar surface area (TPSA) is 52.9 Å². The van der Waals surface area contributed by atoms with Gasteiger partial charge in [0.05, 0.1) is 11.2 Å². The highest BCUT2D eigenvalue weighted by Gasteiger charge is 2.41. The third kappa shape index (κ3) is 4.70. The first kappa shape index (κ1) is 18.2. The summed E-state index contributed by atoms with van der Waals surface area (Å²) in [5.74, 6) is 0.174. The minimum absolute atomic E-state index is 0. The lowest BCUT2D eigenvalue weighted by atomic mass is 9.66. The lowest BCUT2D eigenvalue weighted by Gasteiger charge is -2.40. The summed E-state index contributed by atoms with van der Waals surface area (Å²) in [5.41, 5.74) is -1.73. The summed E-state index contributed by atoms with van der Waals surface area (Å²) >= 11 is 0. The van der Waals surface area contributed by atoms with Gasteiger partial charge in [0.25, 0.3) is 0 Å². The highest BCUT2D eigenvalue weighted by Crippen LogP contribution is 2.31. The van der Waals surface area contributed by atoms with Crippen LogP contribution < -0.4 is 0 Å². The highest BCUT2D eigenvalue weighted by molar-refractivity contribution is 6.45. The van der Waals surface area contributed by atoms with E-state index in [-0.39, 0.29) is 18.2 Å². The number of nitrogens with zero attached hydrogens (tertiary/aromatic N) is 1.